The molecule has 0 bridgehead atoms. The van der Waals surface area contributed by atoms with E-state index in [9.17, 15) is 5.11 Å². The number of nitrogens with zero attached hydrogens (tertiary/aromatic N) is 2. The second-order valence-corrected chi connectivity index (χ2v) is 6.73. The standard InChI is InChI=1S/C20H18N4O/c1-11-8-14(25)4-5-15(11)16-10-22-20-17-13(9-21-19(16)17)3-2-12-6-7-23-24-18(12)20/h2-9,16,19,21-22,25H,10H2,1H3. The molecule has 5 rings (SSSR count). The quantitative estimate of drug-likeness (QED) is 0.749. The third kappa shape index (κ3) is 2.09. The van der Waals surface area contributed by atoms with Gasteiger partial charge in [-0.3, -0.25) is 0 Å². The lowest BCUT2D eigenvalue weighted by atomic mass is 9.80. The summed E-state index contributed by atoms with van der Waals surface area (Å²) in [6.07, 6.45) is 8.06. The van der Waals surface area contributed by atoms with E-state index >= 15 is 0 Å². The largest absolute Gasteiger partial charge is 0.508 e. The molecule has 2 atom stereocenters. The number of benzene rings is 1. The van der Waals surface area contributed by atoms with Gasteiger partial charge in [0.05, 0.1) is 17.9 Å². The number of aromatic hydroxyl groups is 1. The van der Waals surface area contributed by atoms with Crippen LogP contribution in [0.25, 0.3) is 11.8 Å². The van der Waals surface area contributed by atoms with Crippen LogP contribution in [0.2, 0.25) is 0 Å². The molecule has 0 spiro atoms. The van der Waals surface area contributed by atoms with Gasteiger partial charge in [0.25, 0.3) is 0 Å². The van der Waals surface area contributed by atoms with Crippen molar-refractivity contribution >= 4 is 11.8 Å². The van der Waals surface area contributed by atoms with Crippen molar-refractivity contribution in [3.63, 3.8) is 0 Å². The van der Waals surface area contributed by atoms with Gasteiger partial charge in [-0.05, 0) is 41.8 Å². The molecule has 2 aliphatic heterocycles. The number of allylic oxidation sites excluding steroid dienone is 1. The minimum absolute atomic E-state index is 0.187. The number of hydrogen-bond acceptors (Lipinski definition) is 5. The van der Waals surface area contributed by atoms with Crippen LogP contribution in [0.15, 0.2) is 53.9 Å². The maximum absolute atomic E-state index is 9.73. The van der Waals surface area contributed by atoms with Crippen molar-refractivity contribution in [1.29, 1.82) is 0 Å². The van der Waals surface area contributed by atoms with Gasteiger partial charge in [0, 0.05) is 29.8 Å². The zero-order valence-electron chi connectivity index (χ0n) is 13.8. The molecular formula is C20H18N4O. The lowest BCUT2D eigenvalue weighted by molar-refractivity contribution is 0.472. The number of nitrogens with one attached hydrogen (secondary N) is 2. The van der Waals surface area contributed by atoms with Crippen LogP contribution < -0.4 is 10.6 Å². The first kappa shape index (κ1) is 14.3. The average Bonchev–Trinajstić information content (AvgIpc) is 2.97. The van der Waals surface area contributed by atoms with Crippen LogP contribution in [-0.2, 0) is 0 Å². The fourth-order valence-corrected chi connectivity index (χ4v) is 4.13. The molecule has 0 amide bonds. The highest BCUT2D eigenvalue weighted by Gasteiger charge is 2.38. The van der Waals surface area contributed by atoms with Crippen LogP contribution in [0.4, 0.5) is 0 Å². The minimum Gasteiger partial charge on any atom is -0.508 e. The molecule has 2 aromatic rings. The molecule has 1 aromatic carbocycles. The smallest absolute Gasteiger partial charge is 0.116 e. The van der Waals surface area contributed by atoms with E-state index in [0.29, 0.717) is 5.75 Å². The van der Waals surface area contributed by atoms with Crippen molar-refractivity contribution in [2.45, 2.75) is 18.9 Å². The summed E-state index contributed by atoms with van der Waals surface area (Å²) in [5, 5.41) is 25.3. The SMILES string of the molecule is Cc1cc(O)ccc1C1CNC2=C3C(=CNC31)C=Cc1ccnnc12. The maximum Gasteiger partial charge on any atom is 0.116 e. The summed E-state index contributed by atoms with van der Waals surface area (Å²) in [6.45, 7) is 2.86. The van der Waals surface area contributed by atoms with E-state index in [4.69, 9.17) is 0 Å². The van der Waals surface area contributed by atoms with E-state index in [1.807, 2.05) is 18.2 Å². The number of hydrogen-bond donors (Lipinski definition) is 3. The fourth-order valence-electron chi connectivity index (χ4n) is 4.13. The van der Waals surface area contributed by atoms with E-state index in [1.165, 1.54) is 16.7 Å². The van der Waals surface area contributed by atoms with Gasteiger partial charge in [0.1, 0.15) is 11.4 Å². The van der Waals surface area contributed by atoms with Gasteiger partial charge in [-0.25, -0.2) is 0 Å². The van der Waals surface area contributed by atoms with Gasteiger partial charge >= 0.3 is 0 Å². The first-order valence-electron chi connectivity index (χ1n) is 8.46. The van der Waals surface area contributed by atoms with Crippen molar-refractivity contribution in [3.8, 4) is 5.75 Å². The van der Waals surface area contributed by atoms with Gasteiger partial charge in [-0.15, -0.1) is 5.10 Å². The predicted molar refractivity (Wildman–Crippen MR) is 96.6 cm³/mol. The highest BCUT2D eigenvalue weighted by molar-refractivity contribution is 5.83. The Kier molecular flexibility index (Phi) is 2.98. The first-order chi connectivity index (χ1) is 12.2. The lowest BCUT2D eigenvalue weighted by Gasteiger charge is -2.34. The fraction of sp³-hybridized carbons (Fsp3) is 0.200. The van der Waals surface area contributed by atoms with Crippen LogP contribution in [0.1, 0.15) is 28.3 Å². The number of phenolic OH excluding ortho intramolecular Hbond substituents is 1. The number of aromatic nitrogens is 2. The van der Waals surface area contributed by atoms with Crippen LogP contribution in [0.5, 0.6) is 5.75 Å². The number of rotatable bonds is 1. The van der Waals surface area contributed by atoms with E-state index < -0.39 is 0 Å². The van der Waals surface area contributed by atoms with Crippen LogP contribution >= 0.6 is 0 Å². The van der Waals surface area contributed by atoms with E-state index in [0.717, 1.165) is 29.1 Å². The van der Waals surface area contributed by atoms with Crippen LogP contribution in [0, 0.1) is 6.92 Å². The summed E-state index contributed by atoms with van der Waals surface area (Å²) in [4.78, 5) is 0. The van der Waals surface area contributed by atoms with Gasteiger partial charge in [-0.1, -0.05) is 18.2 Å². The van der Waals surface area contributed by atoms with Crippen molar-refractivity contribution < 1.29 is 5.11 Å². The predicted octanol–water partition coefficient (Wildman–Crippen LogP) is 2.47. The monoisotopic (exact) mass is 330 g/mol. The Labute approximate surface area is 145 Å². The Balaban J connectivity index is 1.64. The Bertz CT molecular complexity index is 973. The van der Waals surface area contributed by atoms with E-state index in [2.05, 4.69) is 46.1 Å². The minimum atomic E-state index is 0.187. The topological polar surface area (TPSA) is 70.1 Å². The zero-order valence-corrected chi connectivity index (χ0v) is 13.8. The molecule has 3 N–H and O–H groups in total. The third-order valence-corrected chi connectivity index (χ3v) is 5.29. The summed E-state index contributed by atoms with van der Waals surface area (Å²) in [5.74, 6) is 0.587. The molecule has 5 nitrogen and oxygen atoms in total. The molecule has 2 unspecified atom stereocenters. The molecule has 3 heterocycles. The van der Waals surface area contributed by atoms with Gasteiger partial charge < -0.3 is 15.7 Å². The van der Waals surface area contributed by atoms with Crippen molar-refractivity contribution in [1.82, 2.24) is 20.8 Å². The van der Waals surface area contributed by atoms with E-state index in [1.54, 1.807) is 12.3 Å². The van der Waals surface area contributed by atoms with Crippen molar-refractivity contribution in [3.05, 3.63) is 76.3 Å². The molecule has 124 valence electrons. The molecule has 3 aliphatic rings. The zero-order chi connectivity index (χ0) is 17.0. The molecule has 0 saturated carbocycles. The molecule has 25 heavy (non-hydrogen) atoms. The molecule has 5 heteroatoms. The average molecular weight is 330 g/mol. The second kappa shape index (κ2) is 5.21. The summed E-state index contributed by atoms with van der Waals surface area (Å²) >= 11 is 0. The maximum atomic E-state index is 9.73. The number of fused-ring (bicyclic) bond motifs is 2. The summed E-state index contributed by atoms with van der Waals surface area (Å²) in [7, 11) is 0. The number of phenols is 1. The summed E-state index contributed by atoms with van der Waals surface area (Å²) in [5.41, 5.74) is 7.85. The first-order valence-corrected chi connectivity index (χ1v) is 8.46. The lowest BCUT2D eigenvalue weighted by Crippen LogP contribution is -2.41. The van der Waals surface area contributed by atoms with Crippen LogP contribution in [0.3, 0.4) is 0 Å². The summed E-state index contributed by atoms with van der Waals surface area (Å²) in [6, 6.07) is 7.81. The third-order valence-electron chi connectivity index (χ3n) is 5.29. The molecule has 0 radical (unpaired) electrons. The second-order valence-electron chi connectivity index (χ2n) is 6.73. The Morgan fingerprint density at radius 2 is 2.12 bits per heavy atom. The van der Waals surface area contributed by atoms with Crippen molar-refractivity contribution in [2.75, 3.05) is 6.54 Å². The van der Waals surface area contributed by atoms with Crippen molar-refractivity contribution in [2.24, 2.45) is 0 Å². The van der Waals surface area contributed by atoms with Gasteiger partial charge in [0.2, 0.25) is 0 Å². The molecule has 1 aliphatic carbocycles. The Morgan fingerprint density at radius 1 is 1.20 bits per heavy atom. The normalized spacial score (nSPS) is 23.2. The van der Waals surface area contributed by atoms with E-state index in [-0.39, 0.29) is 12.0 Å². The van der Waals surface area contributed by atoms with Gasteiger partial charge in [-0.2, -0.15) is 5.10 Å². The molecular weight excluding hydrogens is 312 g/mol. The highest BCUT2D eigenvalue weighted by Crippen LogP contribution is 2.42. The van der Waals surface area contributed by atoms with Crippen LogP contribution in [-0.4, -0.2) is 27.9 Å². The number of aryl methyl sites for hydroxylation is 1. The Hall–Kier alpha value is -3.08. The highest BCUT2D eigenvalue weighted by atomic mass is 16.3. The molecule has 1 aromatic heterocycles. The molecule has 0 saturated heterocycles. The molecule has 0 fully saturated rings. The summed E-state index contributed by atoms with van der Waals surface area (Å²) < 4.78 is 0. The Morgan fingerprint density at radius 3 is 3.00 bits per heavy atom. The van der Waals surface area contributed by atoms with Gasteiger partial charge in [0.15, 0.2) is 0 Å².